The van der Waals surface area contributed by atoms with Crippen LogP contribution in [0.4, 0.5) is 10.1 Å². The molecule has 2 fully saturated rings. The Bertz CT molecular complexity index is 802. The van der Waals surface area contributed by atoms with Gasteiger partial charge in [0, 0.05) is 45.0 Å². The van der Waals surface area contributed by atoms with Gasteiger partial charge >= 0.3 is 0 Å². The first-order chi connectivity index (χ1) is 13.1. The first-order valence-electron chi connectivity index (χ1n) is 9.51. The SMILES string of the molecule is Cc1nnc(CN=C(NC2CC2)N2CCN(c3ccc(F)cc3)CC2)n1C. The molecule has 1 aliphatic carbocycles. The molecule has 1 aromatic heterocycles. The second-order valence-electron chi connectivity index (χ2n) is 7.23. The molecule has 0 radical (unpaired) electrons. The summed E-state index contributed by atoms with van der Waals surface area (Å²) in [7, 11) is 1.97. The quantitative estimate of drug-likeness (QED) is 0.655. The largest absolute Gasteiger partial charge is 0.368 e. The van der Waals surface area contributed by atoms with Crippen LogP contribution in [0.1, 0.15) is 24.5 Å². The Labute approximate surface area is 158 Å². The fourth-order valence-electron chi connectivity index (χ4n) is 3.21. The Balaban J connectivity index is 1.41. The summed E-state index contributed by atoms with van der Waals surface area (Å²) in [4.78, 5) is 9.42. The Morgan fingerprint density at radius 2 is 1.85 bits per heavy atom. The first-order valence-corrected chi connectivity index (χ1v) is 9.51. The maximum atomic E-state index is 13.1. The van der Waals surface area contributed by atoms with Gasteiger partial charge < -0.3 is 19.7 Å². The summed E-state index contributed by atoms with van der Waals surface area (Å²) in [6.07, 6.45) is 2.41. The minimum Gasteiger partial charge on any atom is -0.368 e. The number of piperazine rings is 1. The van der Waals surface area contributed by atoms with E-state index in [4.69, 9.17) is 4.99 Å². The summed E-state index contributed by atoms with van der Waals surface area (Å²) in [6, 6.07) is 7.27. The lowest BCUT2D eigenvalue weighted by Gasteiger charge is -2.37. The smallest absolute Gasteiger partial charge is 0.194 e. The number of anilines is 1. The van der Waals surface area contributed by atoms with Gasteiger partial charge in [0.2, 0.25) is 0 Å². The van der Waals surface area contributed by atoms with E-state index in [2.05, 4.69) is 25.3 Å². The topological polar surface area (TPSA) is 61.6 Å². The van der Waals surface area contributed by atoms with Crippen LogP contribution in [-0.2, 0) is 13.6 Å². The van der Waals surface area contributed by atoms with E-state index in [0.29, 0.717) is 12.6 Å². The minimum atomic E-state index is -0.195. The van der Waals surface area contributed by atoms with Gasteiger partial charge in [0.05, 0.1) is 0 Å². The van der Waals surface area contributed by atoms with Crippen molar-refractivity contribution in [3.63, 3.8) is 0 Å². The van der Waals surface area contributed by atoms with E-state index in [9.17, 15) is 4.39 Å². The molecule has 2 heterocycles. The van der Waals surface area contributed by atoms with Crippen LogP contribution in [0.5, 0.6) is 0 Å². The van der Waals surface area contributed by atoms with Crippen LogP contribution in [-0.4, -0.2) is 57.8 Å². The van der Waals surface area contributed by atoms with E-state index in [1.54, 1.807) is 0 Å². The zero-order chi connectivity index (χ0) is 18.8. The van der Waals surface area contributed by atoms with Crippen molar-refractivity contribution in [2.75, 3.05) is 31.1 Å². The van der Waals surface area contributed by atoms with Crippen LogP contribution in [0, 0.1) is 12.7 Å². The van der Waals surface area contributed by atoms with Crippen LogP contribution in [0.2, 0.25) is 0 Å². The van der Waals surface area contributed by atoms with Gasteiger partial charge in [-0.25, -0.2) is 9.38 Å². The highest BCUT2D eigenvalue weighted by Gasteiger charge is 2.27. The third kappa shape index (κ3) is 4.20. The fraction of sp³-hybridized carbons (Fsp3) is 0.526. The van der Waals surface area contributed by atoms with Crippen LogP contribution < -0.4 is 10.2 Å². The molecule has 4 rings (SSSR count). The predicted octanol–water partition coefficient (Wildman–Crippen LogP) is 1.69. The van der Waals surface area contributed by atoms with Gasteiger partial charge in [-0.2, -0.15) is 0 Å². The molecular weight excluding hydrogens is 345 g/mol. The average Bonchev–Trinajstić information content (AvgIpc) is 3.45. The number of aromatic nitrogens is 3. The number of rotatable bonds is 4. The zero-order valence-electron chi connectivity index (χ0n) is 15.9. The number of guanidine groups is 1. The molecule has 0 amide bonds. The first kappa shape index (κ1) is 17.8. The molecule has 7 nitrogen and oxygen atoms in total. The van der Waals surface area contributed by atoms with E-state index in [0.717, 1.165) is 49.5 Å². The van der Waals surface area contributed by atoms with Crippen LogP contribution in [0.3, 0.4) is 0 Å². The number of benzene rings is 1. The molecule has 0 spiro atoms. The van der Waals surface area contributed by atoms with Gasteiger partial charge in [-0.05, 0) is 44.0 Å². The van der Waals surface area contributed by atoms with Crippen molar-refractivity contribution in [2.24, 2.45) is 12.0 Å². The second-order valence-corrected chi connectivity index (χ2v) is 7.23. The summed E-state index contributed by atoms with van der Waals surface area (Å²) >= 11 is 0. The number of nitrogens with zero attached hydrogens (tertiary/aromatic N) is 6. The standard InChI is InChI=1S/C19H26FN7/c1-14-23-24-18(25(14)2)13-21-19(22-16-5-6-16)27-11-9-26(10-12-27)17-7-3-15(20)4-8-17/h3-4,7-8,16H,5-6,9-13H2,1-2H3,(H,21,22). The molecule has 144 valence electrons. The van der Waals surface area contributed by atoms with Gasteiger partial charge in [0.1, 0.15) is 18.2 Å². The number of nitrogens with one attached hydrogen (secondary N) is 1. The van der Waals surface area contributed by atoms with Gasteiger partial charge in [0.15, 0.2) is 11.8 Å². The van der Waals surface area contributed by atoms with Crippen molar-refractivity contribution in [1.29, 1.82) is 0 Å². The lowest BCUT2D eigenvalue weighted by molar-refractivity contribution is 0.371. The van der Waals surface area contributed by atoms with E-state index in [-0.39, 0.29) is 5.82 Å². The lowest BCUT2D eigenvalue weighted by Crippen LogP contribution is -2.53. The van der Waals surface area contributed by atoms with Crippen molar-refractivity contribution >= 4 is 11.6 Å². The van der Waals surface area contributed by atoms with E-state index in [1.165, 1.54) is 25.0 Å². The summed E-state index contributed by atoms with van der Waals surface area (Å²) in [5, 5.41) is 11.9. The Morgan fingerprint density at radius 1 is 1.15 bits per heavy atom. The number of hydrogen-bond acceptors (Lipinski definition) is 4. The highest BCUT2D eigenvalue weighted by molar-refractivity contribution is 5.81. The molecule has 8 heteroatoms. The number of halogens is 1. The Morgan fingerprint density at radius 3 is 2.44 bits per heavy atom. The minimum absolute atomic E-state index is 0.195. The van der Waals surface area contributed by atoms with Crippen molar-refractivity contribution < 1.29 is 4.39 Å². The fourth-order valence-corrected chi connectivity index (χ4v) is 3.21. The number of aryl methyl sites for hydroxylation is 1. The second kappa shape index (κ2) is 7.54. The zero-order valence-corrected chi connectivity index (χ0v) is 15.9. The molecule has 1 saturated heterocycles. The third-order valence-electron chi connectivity index (χ3n) is 5.23. The molecule has 1 N–H and O–H groups in total. The molecule has 2 aromatic rings. The number of hydrogen-bond donors (Lipinski definition) is 1. The van der Waals surface area contributed by atoms with Crippen LogP contribution in [0.25, 0.3) is 0 Å². The molecular formula is C19H26FN7. The van der Waals surface area contributed by atoms with E-state index in [1.807, 2.05) is 30.7 Å². The van der Waals surface area contributed by atoms with Crippen LogP contribution in [0.15, 0.2) is 29.3 Å². The monoisotopic (exact) mass is 371 g/mol. The Kier molecular flexibility index (Phi) is 4.96. The molecule has 1 aromatic carbocycles. The van der Waals surface area contributed by atoms with E-state index < -0.39 is 0 Å². The predicted molar refractivity (Wildman–Crippen MR) is 103 cm³/mol. The summed E-state index contributed by atoms with van der Waals surface area (Å²) in [5.41, 5.74) is 1.07. The highest BCUT2D eigenvalue weighted by atomic mass is 19.1. The summed E-state index contributed by atoms with van der Waals surface area (Å²) in [6.45, 7) is 6.00. The number of aliphatic imine (C=N–C) groups is 1. The summed E-state index contributed by atoms with van der Waals surface area (Å²) in [5.74, 6) is 2.52. The van der Waals surface area contributed by atoms with Gasteiger partial charge in [-0.3, -0.25) is 0 Å². The van der Waals surface area contributed by atoms with Crippen molar-refractivity contribution in [2.45, 2.75) is 32.4 Å². The molecule has 1 saturated carbocycles. The van der Waals surface area contributed by atoms with Gasteiger partial charge in [-0.15, -0.1) is 10.2 Å². The van der Waals surface area contributed by atoms with E-state index >= 15 is 0 Å². The third-order valence-corrected chi connectivity index (χ3v) is 5.23. The average molecular weight is 371 g/mol. The van der Waals surface area contributed by atoms with Crippen LogP contribution >= 0.6 is 0 Å². The molecule has 0 bridgehead atoms. The Hall–Kier alpha value is -2.64. The molecule has 27 heavy (non-hydrogen) atoms. The summed E-state index contributed by atoms with van der Waals surface area (Å²) < 4.78 is 15.1. The van der Waals surface area contributed by atoms with Gasteiger partial charge in [0.25, 0.3) is 0 Å². The lowest BCUT2D eigenvalue weighted by atomic mass is 10.2. The maximum Gasteiger partial charge on any atom is 0.194 e. The molecule has 0 atom stereocenters. The highest BCUT2D eigenvalue weighted by Crippen LogP contribution is 2.20. The van der Waals surface area contributed by atoms with Crippen molar-refractivity contribution in [1.82, 2.24) is 25.0 Å². The van der Waals surface area contributed by atoms with Crippen molar-refractivity contribution in [3.8, 4) is 0 Å². The van der Waals surface area contributed by atoms with Gasteiger partial charge in [-0.1, -0.05) is 0 Å². The molecule has 1 aliphatic heterocycles. The molecule has 0 unspecified atom stereocenters. The normalized spacial score (nSPS) is 18.1. The molecule has 2 aliphatic rings. The maximum absolute atomic E-state index is 13.1. The van der Waals surface area contributed by atoms with Crippen molar-refractivity contribution in [3.05, 3.63) is 41.7 Å².